The third-order valence-corrected chi connectivity index (χ3v) is 4.27. The van der Waals surface area contributed by atoms with Crippen LogP contribution < -0.4 is 0 Å². The van der Waals surface area contributed by atoms with Gasteiger partial charge in [-0.1, -0.05) is 65.9 Å². The second kappa shape index (κ2) is 7.08. The van der Waals surface area contributed by atoms with Crippen molar-refractivity contribution >= 4 is 5.97 Å². The first-order valence-electron chi connectivity index (χ1n) is 7.89. The van der Waals surface area contributed by atoms with Crippen molar-refractivity contribution in [1.29, 1.82) is 0 Å². The van der Waals surface area contributed by atoms with Gasteiger partial charge in [-0.15, -0.1) is 5.10 Å². The molecule has 122 valence electrons. The molecule has 0 aliphatic rings. The lowest BCUT2D eigenvalue weighted by Gasteiger charge is -2.29. The van der Waals surface area contributed by atoms with Gasteiger partial charge in [-0.2, -0.15) is 0 Å². The van der Waals surface area contributed by atoms with Crippen LogP contribution in [0.2, 0.25) is 0 Å². The molecular weight excluding hydrogens is 302 g/mol. The predicted molar refractivity (Wildman–Crippen MR) is 90.5 cm³/mol. The normalized spacial score (nSPS) is 13.3. The summed E-state index contributed by atoms with van der Waals surface area (Å²) >= 11 is 0. The first-order valence-corrected chi connectivity index (χ1v) is 7.89. The van der Waals surface area contributed by atoms with Crippen LogP contribution >= 0.6 is 0 Å². The summed E-state index contributed by atoms with van der Waals surface area (Å²) in [7, 11) is 0. The molecule has 0 radical (unpaired) electrons. The van der Waals surface area contributed by atoms with Gasteiger partial charge in [0.25, 0.3) is 0 Å². The number of hydrogen-bond donors (Lipinski definition) is 1. The summed E-state index contributed by atoms with van der Waals surface area (Å²) in [4.78, 5) is 12.3. The Morgan fingerprint density at radius 3 is 2.17 bits per heavy atom. The molecule has 1 unspecified atom stereocenters. The second-order valence-corrected chi connectivity index (χ2v) is 5.83. The van der Waals surface area contributed by atoms with Crippen molar-refractivity contribution in [3.05, 3.63) is 84.2 Å². The summed E-state index contributed by atoms with van der Waals surface area (Å²) in [5.74, 6) is -0.896. The van der Waals surface area contributed by atoms with E-state index in [2.05, 4.69) is 10.3 Å². The lowest BCUT2D eigenvalue weighted by molar-refractivity contribution is -0.148. The SMILES string of the molecule is O=C(O)C(CCc1ccccc1)(Cc1ccccc1)n1ccnn1. The zero-order valence-corrected chi connectivity index (χ0v) is 13.2. The van der Waals surface area contributed by atoms with Gasteiger partial charge in [0.15, 0.2) is 5.54 Å². The van der Waals surface area contributed by atoms with Crippen LogP contribution in [0.25, 0.3) is 0 Å². The van der Waals surface area contributed by atoms with Crippen LogP contribution in [0.15, 0.2) is 73.1 Å². The number of aromatic nitrogens is 3. The Morgan fingerprint density at radius 1 is 1.00 bits per heavy atom. The van der Waals surface area contributed by atoms with E-state index in [-0.39, 0.29) is 0 Å². The maximum atomic E-state index is 12.3. The van der Waals surface area contributed by atoms with Crippen LogP contribution in [-0.4, -0.2) is 26.1 Å². The van der Waals surface area contributed by atoms with Crippen LogP contribution in [-0.2, 0) is 23.2 Å². The van der Waals surface area contributed by atoms with Gasteiger partial charge in [-0.25, -0.2) is 9.48 Å². The molecule has 0 saturated heterocycles. The topological polar surface area (TPSA) is 68.0 Å². The van der Waals surface area contributed by atoms with Crippen molar-refractivity contribution in [2.45, 2.75) is 24.8 Å². The monoisotopic (exact) mass is 321 g/mol. The number of benzene rings is 2. The Kier molecular flexibility index (Phi) is 4.70. The van der Waals surface area contributed by atoms with Gasteiger partial charge < -0.3 is 5.11 Å². The lowest BCUT2D eigenvalue weighted by atomic mass is 9.85. The summed E-state index contributed by atoms with van der Waals surface area (Å²) in [6.07, 6.45) is 4.59. The second-order valence-electron chi connectivity index (χ2n) is 5.83. The van der Waals surface area contributed by atoms with Gasteiger partial charge in [-0.3, -0.25) is 0 Å². The fourth-order valence-electron chi connectivity index (χ4n) is 2.93. The van der Waals surface area contributed by atoms with E-state index in [1.807, 2.05) is 60.7 Å². The van der Waals surface area contributed by atoms with E-state index in [9.17, 15) is 9.90 Å². The maximum Gasteiger partial charge on any atom is 0.332 e. The maximum absolute atomic E-state index is 12.3. The Balaban J connectivity index is 1.94. The highest BCUT2D eigenvalue weighted by molar-refractivity contribution is 5.77. The lowest BCUT2D eigenvalue weighted by Crippen LogP contribution is -2.45. The van der Waals surface area contributed by atoms with Gasteiger partial charge in [0, 0.05) is 12.6 Å². The summed E-state index contributed by atoms with van der Waals surface area (Å²) in [6, 6.07) is 19.5. The molecule has 3 rings (SSSR count). The zero-order chi connectivity index (χ0) is 16.8. The highest BCUT2D eigenvalue weighted by Gasteiger charge is 2.41. The van der Waals surface area contributed by atoms with Crippen LogP contribution in [0, 0.1) is 0 Å². The Bertz CT molecular complexity index is 773. The molecule has 24 heavy (non-hydrogen) atoms. The van der Waals surface area contributed by atoms with Gasteiger partial charge in [-0.05, 0) is 24.0 Å². The molecule has 0 bridgehead atoms. The van der Waals surface area contributed by atoms with Crippen LogP contribution in [0.1, 0.15) is 17.5 Å². The number of carboxylic acid groups (broad SMARTS) is 1. The van der Waals surface area contributed by atoms with E-state index in [0.717, 1.165) is 11.1 Å². The number of aryl methyl sites for hydroxylation is 1. The van der Waals surface area contributed by atoms with Gasteiger partial charge in [0.2, 0.25) is 0 Å². The van der Waals surface area contributed by atoms with Gasteiger partial charge in [0.05, 0.1) is 6.20 Å². The van der Waals surface area contributed by atoms with Gasteiger partial charge in [0.1, 0.15) is 0 Å². The number of nitrogens with zero attached hydrogens (tertiary/aromatic N) is 3. The highest BCUT2D eigenvalue weighted by atomic mass is 16.4. The average molecular weight is 321 g/mol. The van der Waals surface area contributed by atoms with Crippen molar-refractivity contribution in [2.24, 2.45) is 0 Å². The van der Waals surface area contributed by atoms with E-state index < -0.39 is 11.5 Å². The summed E-state index contributed by atoms with van der Waals surface area (Å²) in [5, 5.41) is 17.9. The van der Waals surface area contributed by atoms with E-state index in [4.69, 9.17) is 0 Å². The highest BCUT2D eigenvalue weighted by Crippen LogP contribution is 2.28. The summed E-state index contributed by atoms with van der Waals surface area (Å²) in [5.41, 5.74) is 0.910. The average Bonchev–Trinajstić information content (AvgIpc) is 3.15. The third kappa shape index (κ3) is 3.35. The fraction of sp³-hybridized carbons (Fsp3) is 0.211. The number of carboxylic acids is 1. The van der Waals surface area contributed by atoms with E-state index in [1.54, 1.807) is 6.20 Å². The molecule has 5 heteroatoms. The fourth-order valence-corrected chi connectivity index (χ4v) is 2.93. The number of hydrogen-bond acceptors (Lipinski definition) is 3. The standard InChI is InChI=1S/C19H19N3O2/c23-18(24)19(22-14-13-20-21-22,15-17-9-5-2-6-10-17)12-11-16-7-3-1-4-8-16/h1-10,13-14H,11-12,15H2,(H,23,24). The van der Waals surface area contributed by atoms with Crippen LogP contribution in [0.5, 0.6) is 0 Å². The van der Waals surface area contributed by atoms with Crippen molar-refractivity contribution in [1.82, 2.24) is 15.0 Å². The summed E-state index contributed by atoms with van der Waals surface area (Å²) in [6.45, 7) is 0. The minimum atomic E-state index is -1.16. The van der Waals surface area contributed by atoms with Crippen molar-refractivity contribution in [2.75, 3.05) is 0 Å². The smallest absolute Gasteiger partial charge is 0.332 e. The van der Waals surface area contributed by atoms with Crippen molar-refractivity contribution in [3.63, 3.8) is 0 Å². The molecule has 0 fully saturated rings. The molecule has 3 aromatic rings. The molecule has 1 heterocycles. The zero-order valence-electron chi connectivity index (χ0n) is 13.2. The first kappa shape index (κ1) is 15.9. The largest absolute Gasteiger partial charge is 0.479 e. The Labute approximate surface area is 140 Å². The first-order chi connectivity index (χ1) is 11.7. The minimum absolute atomic E-state index is 0.360. The molecule has 1 N–H and O–H groups in total. The molecule has 0 amide bonds. The van der Waals surface area contributed by atoms with Crippen molar-refractivity contribution < 1.29 is 9.90 Å². The molecule has 0 aliphatic carbocycles. The van der Waals surface area contributed by atoms with E-state index in [1.165, 1.54) is 10.9 Å². The van der Waals surface area contributed by atoms with Gasteiger partial charge >= 0.3 is 5.97 Å². The molecule has 0 spiro atoms. The Morgan fingerprint density at radius 2 is 1.62 bits per heavy atom. The van der Waals surface area contributed by atoms with Crippen LogP contribution in [0.4, 0.5) is 0 Å². The van der Waals surface area contributed by atoms with E-state index >= 15 is 0 Å². The summed E-state index contributed by atoms with van der Waals surface area (Å²) < 4.78 is 1.48. The molecule has 0 saturated carbocycles. The molecule has 2 aromatic carbocycles. The minimum Gasteiger partial charge on any atom is -0.479 e. The van der Waals surface area contributed by atoms with Crippen molar-refractivity contribution in [3.8, 4) is 0 Å². The molecule has 5 nitrogen and oxygen atoms in total. The number of carbonyl (C=O) groups is 1. The molecule has 1 atom stereocenters. The van der Waals surface area contributed by atoms with E-state index in [0.29, 0.717) is 19.3 Å². The predicted octanol–water partition coefficient (Wildman–Crippen LogP) is 2.93. The quantitative estimate of drug-likeness (QED) is 0.726. The molecular formula is C19H19N3O2. The molecule has 1 aromatic heterocycles. The van der Waals surface area contributed by atoms with Crippen LogP contribution in [0.3, 0.4) is 0 Å². The Hall–Kier alpha value is -2.95. The number of aliphatic carboxylic acids is 1. The third-order valence-electron chi connectivity index (χ3n) is 4.27. The number of rotatable bonds is 7. The molecule has 0 aliphatic heterocycles.